The number of likely N-dealkylation sites (tertiary alicyclic amines) is 2. The number of amides is 2. The Labute approximate surface area is 113 Å². The standard InChI is InChI=1S/C14H22N2O3/c17-10-5-7-15(8-6-10)9-16-13(18)11-3-1-2-4-12(11)14(16)19/h10-12,17H,1-9H2/t11-,12-/m1/s1. The van der Waals surface area contributed by atoms with E-state index in [-0.39, 0.29) is 29.8 Å². The van der Waals surface area contributed by atoms with Crippen molar-refractivity contribution in [2.75, 3.05) is 19.8 Å². The zero-order valence-electron chi connectivity index (χ0n) is 11.3. The van der Waals surface area contributed by atoms with E-state index in [1.165, 1.54) is 4.90 Å². The topological polar surface area (TPSA) is 60.9 Å². The highest BCUT2D eigenvalue weighted by atomic mass is 16.3. The molecule has 5 heteroatoms. The lowest BCUT2D eigenvalue weighted by molar-refractivity contribution is -0.142. The molecule has 0 aromatic heterocycles. The third-order valence-corrected chi connectivity index (χ3v) is 4.83. The molecule has 0 aromatic carbocycles. The van der Waals surface area contributed by atoms with Crippen LogP contribution in [0.2, 0.25) is 0 Å². The molecule has 3 fully saturated rings. The molecule has 2 amide bonds. The van der Waals surface area contributed by atoms with Crippen LogP contribution < -0.4 is 0 Å². The summed E-state index contributed by atoms with van der Waals surface area (Å²) in [7, 11) is 0. The summed E-state index contributed by atoms with van der Waals surface area (Å²) in [6, 6.07) is 0. The highest BCUT2D eigenvalue weighted by molar-refractivity contribution is 6.05. The first kappa shape index (κ1) is 13.1. The third kappa shape index (κ3) is 2.41. The van der Waals surface area contributed by atoms with Gasteiger partial charge in [-0.15, -0.1) is 0 Å². The lowest BCUT2D eigenvalue weighted by Crippen LogP contribution is -2.45. The van der Waals surface area contributed by atoms with Crippen molar-refractivity contribution in [2.24, 2.45) is 11.8 Å². The highest BCUT2D eigenvalue weighted by Crippen LogP contribution is 2.38. The molecule has 19 heavy (non-hydrogen) atoms. The fourth-order valence-corrected chi connectivity index (χ4v) is 3.63. The average Bonchev–Trinajstić information content (AvgIpc) is 2.67. The minimum absolute atomic E-state index is 0.0424. The van der Waals surface area contributed by atoms with Crippen molar-refractivity contribution >= 4 is 11.8 Å². The predicted molar refractivity (Wildman–Crippen MR) is 69.0 cm³/mol. The summed E-state index contributed by atoms with van der Waals surface area (Å²) < 4.78 is 0. The summed E-state index contributed by atoms with van der Waals surface area (Å²) in [6.45, 7) is 1.97. The molecule has 3 aliphatic rings. The van der Waals surface area contributed by atoms with Gasteiger partial charge in [0.15, 0.2) is 0 Å². The monoisotopic (exact) mass is 266 g/mol. The number of imide groups is 1. The van der Waals surface area contributed by atoms with E-state index < -0.39 is 0 Å². The molecule has 2 heterocycles. The summed E-state index contributed by atoms with van der Waals surface area (Å²) in [5.74, 6) is -0.00472. The van der Waals surface area contributed by atoms with Crippen molar-refractivity contribution in [3.63, 3.8) is 0 Å². The van der Waals surface area contributed by atoms with Crippen molar-refractivity contribution in [3.8, 4) is 0 Å². The second-order valence-electron chi connectivity index (χ2n) is 6.09. The lowest BCUT2D eigenvalue weighted by atomic mass is 9.81. The van der Waals surface area contributed by atoms with E-state index in [4.69, 9.17) is 0 Å². The van der Waals surface area contributed by atoms with E-state index in [0.717, 1.165) is 51.6 Å². The predicted octanol–water partition coefficient (Wildman–Crippen LogP) is 0.576. The zero-order valence-corrected chi connectivity index (χ0v) is 11.3. The largest absolute Gasteiger partial charge is 0.393 e. The van der Waals surface area contributed by atoms with E-state index in [2.05, 4.69) is 4.90 Å². The number of nitrogens with zero attached hydrogens (tertiary/aromatic N) is 2. The molecule has 2 saturated heterocycles. The number of fused-ring (bicyclic) bond motifs is 1. The molecule has 1 N–H and O–H groups in total. The second-order valence-corrected chi connectivity index (χ2v) is 6.09. The summed E-state index contributed by atoms with van der Waals surface area (Å²) in [5, 5.41) is 9.49. The molecule has 1 saturated carbocycles. The van der Waals surface area contributed by atoms with Gasteiger partial charge in [0.2, 0.25) is 11.8 Å². The number of rotatable bonds is 2. The Morgan fingerprint density at radius 3 is 2.00 bits per heavy atom. The van der Waals surface area contributed by atoms with Crippen molar-refractivity contribution < 1.29 is 14.7 Å². The minimum atomic E-state index is -0.219. The molecule has 5 nitrogen and oxygen atoms in total. The number of piperidine rings is 1. The molecular formula is C14H22N2O3. The number of aliphatic hydroxyl groups is 1. The average molecular weight is 266 g/mol. The Morgan fingerprint density at radius 2 is 1.47 bits per heavy atom. The van der Waals surface area contributed by atoms with Crippen LogP contribution in [0.15, 0.2) is 0 Å². The van der Waals surface area contributed by atoms with Gasteiger partial charge in [-0.3, -0.25) is 19.4 Å². The Morgan fingerprint density at radius 1 is 0.947 bits per heavy atom. The molecule has 0 bridgehead atoms. The van der Waals surface area contributed by atoms with Gasteiger partial charge in [-0.1, -0.05) is 12.8 Å². The Hall–Kier alpha value is -0.940. The Bertz CT molecular complexity index is 353. The first-order chi connectivity index (χ1) is 9.16. The first-order valence-electron chi connectivity index (χ1n) is 7.42. The molecule has 1 aliphatic carbocycles. The fourth-order valence-electron chi connectivity index (χ4n) is 3.63. The number of hydrogen-bond acceptors (Lipinski definition) is 4. The molecule has 3 rings (SSSR count). The summed E-state index contributed by atoms with van der Waals surface area (Å²) in [6.07, 6.45) is 5.17. The maximum Gasteiger partial charge on any atom is 0.234 e. The lowest BCUT2D eigenvalue weighted by Gasteiger charge is -2.32. The normalized spacial score (nSPS) is 33.8. The molecular weight excluding hydrogens is 244 g/mol. The van der Waals surface area contributed by atoms with Crippen LogP contribution in [-0.4, -0.2) is 52.6 Å². The first-order valence-corrected chi connectivity index (χ1v) is 7.42. The summed E-state index contributed by atoms with van der Waals surface area (Å²) in [4.78, 5) is 28.2. The van der Waals surface area contributed by atoms with Gasteiger partial charge >= 0.3 is 0 Å². The van der Waals surface area contributed by atoms with E-state index in [9.17, 15) is 14.7 Å². The molecule has 0 unspecified atom stereocenters. The van der Waals surface area contributed by atoms with E-state index in [1.54, 1.807) is 0 Å². The van der Waals surface area contributed by atoms with E-state index in [1.807, 2.05) is 0 Å². The van der Waals surface area contributed by atoms with Gasteiger partial charge in [-0.05, 0) is 25.7 Å². The molecule has 0 spiro atoms. The molecule has 2 atom stereocenters. The number of aliphatic hydroxyl groups excluding tert-OH is 1. The Kier molecular flexibility index (Phi) is 3.58. The third-order valence-electron chi connectivity index (χ3n) is 4.83. The molecule has 0 aromatic rings. The van der Waals surface area contributed by atoms with Gasteiger partial charge in [0.1, 0.15) is 0 Å². The van der Waals surface area contributed by atoms with Crippen LogP contribution in [0, 0.1) is 11.8 Å². The van der Waals surface area contributed by atoms with Crippen LogP contribution in [0.4, 0.5) is 0 Å². The smallest absolute Gasteiger partial charge is 0.234 e. The number of carbonyl (C=O) groups is 2. The van der Waals surface area contributed by atoms with Crippen LogP contribution >= 0.6 is 0 Å². The van der Waals surface area contributed by atoms with Gasteiger partial charge in [0, 0.05) is 13.1 Å². The van der Waals surface area contributed by atoms with Gasteiger partial charge < -0.3 is 5.11 Å². The minimum Gasteiger partial charge on any atom is -0.393 e. The summed E-state index contributed by atoms with van der Waals surface area (Å²) in [5.41, 5.74) is 0. The van der Waals surface area contributed by atoms with E-state index >= 15 is 0 Å². The van der Waals surface area contributed by atoms with Crippen molar-refractivity contribution in [2.45, 2.75) is 44.6 Å². The van der Waals surface area contributed by atoms with Crippen LogP contribution in [-0.2, 0) is 9.59 Å². The maximum atomic E-state index is 12.3. The zero-order chi connectivity index (χ0) is 13.4. The van der Waals surface area contributed by atoms with Crippen molar-refractivity contribution in [1.82, 2.24) is 9.80 Å². The SMILES string of the molecule is O=C1[C@@H]2CCCC[C@H]2C(=O)N1CN1CCC(O)CC1. The van der Waals surface area contributed by atoms with Crippen molar-refractivity contribution in [3.05, 3.63) is 0 Å². The van der Waals surface area contributed by atoms with Gasteiger partial charge in [-0.25, -0.2) is 0 Å². The van der Waals surface area contributed by atoms with Gasteiger partial charge in [0.25, 0.3) is 0 Å². The fraction of sp³-hybridized carbons (Fsp3) is 0.857. The van der Waals surface area contributed by atoms with Crippen LogP contribution in [0.25, 0.3) is 0 Å². The molecule has 0 radical (unpaired) electrons. The van der Waals surface area contributed by atoms with Crippen LogP contribution in [0.3, 0.4) is 0 Å². The van der Waals surface area contributed by atoms with Gasteiger partial charge in [-0.2, -0.15) is 0 Å². The number of carbonyl (C=O) groups excluding carboxylic acids is 2. The second kappa shape index (κ2) is 5.21. The summed E-state index contributed by atoms with van der Waals surface area (Å²) >= 11 is 0. The van der Waals surface area contributed by atoms with Gasteiger partial charge in [0.05, 0.1) is 24.6 Å². The highest BCUT2D eigenvalue weighted by Gasteiger charge is 2.48. The number of hydrogen-bond donors (Lipinski definition) is 1. The van der Waals surface area contributed by atoms with Crippen molar-refractivity contribution in [1.29, 1.82) is 0 Å². The molecule has 106 valence electrons. The Balaban J connectivity index is 1.64. The quantitative estimate of drug-likeness (QED) is 0.743. The van der Waals surface area contributed by atoms with Crippen LogP contribution in [0.5, 0.6) is 0 Å². The molecule has 2 aliphatic heterocycles. The van der Waals surface area contributed by atoms with E-state index in [0.29, 0.717) is 6.67 Å². The van der Waals surface area contributed by atoms with Crippen LogP contribution in [0.1, 0.15) is 38.5 Å². The maximum absolute atomic E-state index is 12.3.